The molecule has 1 N–H and O–H groups in total. The zero-order valence-corrected chi connectivity index (χ0v) is 9.50. The first-order valence-electron chi connectivity index (χ1n) is 6.28. The molecule has 90 valence electrons. The normalized spacial score (nSPS) is 47.5. The number of rotatable bonds is 0. The van der Waals surface area contributed by atoms with Crippen LogP contribution in [0.5, 0.6) is 0 Å². The third kappa shape index (κ3) is 1.07. The van der Waals surface area contributed by atoms with Crippen molar-refractivity contribution in [1.82, 2.24) is 4.90 Å². The van der Waals surface area contributed by atoms with Crippen LogP contribution in [0, 0.1) is 0 Å². The largest absolute Gasteiger partial charge is 0.448 e. The van der Waals surface area contributed by atoms with Gasteiger partial charge in [-0.2, -0.15) is 0 Å². The van der Waals surface area contributed by atoms with Gasteiger partial charge in [0.05, 0.1) is 0 Å². The van der Waals surface area contributed by atoms with Gasteiger partial charge in [-0.3, -0.25) is 4.90 Å². The molecule has 0 aromatic carbocycles. The van der Waals surface area contributed by atoms with E-state index in [1.807, 2.05) is 6.08 Å². The summed E-state index contributed by atoms with van der Waals surface area (Å²) in [7, 11) is 0. The lowest BCUT2D eigenvalue weighted by Crippen LogP contribution is -2.64. The molecule has 4 rings (SSSR count). The number of carbonyl (C=O) groups excluding carboxylic acids is 1. The maximum atomic E-state index is 11.5. The number of hydrogen-bond acceptors (Lipinski definition) is 4. The van der Waals surface area contributed by atoms with Crippen LogP contribution in [0.15, 0.2) is 23.8 Å². The first-order valence-corrected chi connectivity index (χ1v) is 6.28. The molecule has 4 atom stereocenters. The highest BCUT2D eigenvalue weighted by atomic mass is 16.6. The van der Waals surface area contributed by atoms with Crippen molar-refractivity contribution in [3.05, 3.63) is 23.8 Å². The van der Waals surface area contributed by atoms with Gasteiger partial charge >= 0.3 is 5.97 Å². The quantitative estimate of drug-likeness (QED) is 0.614. The minimum Gasteiger partial charge on any atom is -0.448 e. The number of piperidine rings is 1. The second kappa shape index (κ2) is 3.00. The molecule has 2 bridgehead atoms. The fourth-order valence-electron chi connectivity index (χ4n) is 3.92. The fraction of sp³-hybridized carbons (Fsp3) is 0.615. The van der Waals surface area contributed by atoms with Crippen LogP contribution in [0.1, 0.15) is 19.3 Å². The zero-order chi connectivity index (χ0) is 11.6. The summed E-state index contributed by atoms with van der Waals surface area (Å²) in [5.74, 6) is -0.309. The van der Waals surface area contributed by atoms with Gasteiger partial charge in [0.25, 0.3) is 0 Å². The molecule has 2 saturated heterocycles. The maximum Gasteiger partial charge on any atom is 0.332 e. The first kappa shape index (κ1) is 9.85. The molecule has 0 amide bonds. The van der Waals surface area contributed by atoms with Gasteiger partial charge in [-0.25, -0.2) is 4.79 Å². The highest BCUT2D eigenvalue weighted by Crippen LogP contribution is 2.48. The van der Waals surface area contributed by atoms with Gasteiger partial charge in [0.15, 0.2) is 5.60 Å². The molecular formula is C13H15NO3. The molecule has 1 spiro atoms. The van der Waals surface area contributed by atoms with Crippen LogP contribution in [-0.2, 0) is 9.53 Å². The van der Waals surface area contributed by atoms with Gasteiger partial charge in [0, 0.05) is 30.2 Å². The average molecular weight is 233 g/mol. The van der Waals surface area contributed by atoms with E-state index in [4.69, 9.17) is 4.74 Å². The van der Waals surface area contributed by atoms with Crippen LogP contribution < -0.4 is 0 Å². The topological polar surface area (TPSA) is 49.8 Å². The van der Waals surface area contributed by atoms with Gasteiger partial charge in [0.1, 0.15) is 6.10 Å². The van der Waals surface area contributed by atoms with Gasteiger partial charge in [0.2, 0.25) is 0 Å². The molecule has 0 aromatic heterocycles. The summed E-state index contributed by atoms with van der Waals surface area (Å²) in [5, 5.41) is 10.6. The number of fused-ring (bicyclic) bond motifs is 3. The highest BCUT2D eigenvalue weighted by Gasteiger charge is 2.59. The monoisotopic (exact) mass is 233 g/mol. The Kier molecular flexibility index (Phi) is 1.74. The summed E-state index contributed by atoms with van der Waals surface area (Å²) in [4.78, 5) is 13.8. The number of aliphatic hydroxyl groups is 1. The van der Waals surface area contributed by atoms with Crippen LogP contribution in [-0.4, -0.2) is 46.3 Å². The second-order valence-electron chi connectivity index (χ2n) is 5.43. The number of carbonyl (C=O) groups is 1. The minimum atomic E-state index is -0.748. The summed E-state index contributed by atoms with van der Waals surface area (Å²) < 4.78 is 5.48. The lowest BCUT2D eigenvalue weighted by Gasteiger charge is -2.51. The number of aliphatic hydroxyl groups excluding tert-OH is 1. The number of nitrogens with zero attached hydrogens (tertiary/aromatic N) is 1. The van der Waals surface area contributed by atoms with E-state index < -0.39 is 11.7 Å². The van der Waals surface area contributed by atoms with E-state index in [0.717, 1.165) is 25.0 Å². The highest BCUT2D eigenvalue weighted by molar-refractivity contribution is 5.88. The standard InChI is InChI=1S/C13H15NO3/c15-11-6-8-3-4-9-7-13(8,17-11)12(16)10-2-1-5-14(9)10/h3-4,6,9-10,12,16H,1-2,5,7H2/t9-,10+,12+,13-/m0/s1. The Bertz CT molecular complexity index is 456. The van der Waals surface area contributed by atoms with Crippen LogP contribution in [0.25, 0.3) is 0 Å². The van der Waals surface area contributed by atoms with Crippen LogP contribution in [0.3, 0.4) is 0 Å². The molecule has 4 aliphatic rings. The van der Waals surface area contributed by atoms with E-state index >= 15 is 0 Å². The number of ether oxygens (including phenoxy) is 1. The molecule has 2 fully saturated rings. The Hall–Kier alpha value is -1.13. The van der Waals surface area contributed by atoms with E-state index in [9.17, 15) is 9.90 Å². The average Bonchev–Trinajstić information content (AvgIpc) is 2.88. The Labute approximate surface area is 99.5 Å². The van der Waals surface area contributed by atoms with E-state index in [1.165, 1.54) is 6.08 Å². The molecule has 4 heteroatoms. The number of esters is 1. The molecule has 3 aliphatic heterocycles. The summed E-state index contributed by atoms with van der Waals surface area (Å²) in [6, 6.07) is 0.460. The van der Waals surface area contributed by atoms with E-state index in [-0.39, 0.29) is 12.0 Å². The molecule has 0 radical (unpaired) electrons. The van der Waals surface area contributed by atoms with Crippen molar-refractivity contribution in [2.45, 2.75) is 43.1 Å². The fourth-order valence-corrected chi connectivity index (χ4v) is 3.92. The number of hydrogen-bond donors (Lipinski definition) is 1. The summed E-state index contributed by atoms with van der Waals surface area (Å²) >= 11 is 0. The van der Waals surface area contributed by atoms with Crippen molar-refractivity contribution in [2.24, 2.45) is 0 Å². The van der Waals surface area contributed by atoms with Gasteiger partial charge in [-0.05, 0) is 19.4 Å². The van der Waals surface area contributed by atoms with Crippen molar-refractivity contribution < 1.29 is 14.6 Å². The predicted molar refractivity (Wildman–Crippen MR) is 60.2 cm³/mol. The summed E-state index contributed by atoms with van der Waals surface area (Å²) in [6.07, 6.45) is 7.88. The third-order valence-corrected chi connectivity index (χ3v) is 4.67. The van der Waals surface area contributed by atoms with Crippen LogP contribution in [0.2, 0.25) is 0 Å². The van der Waals surface area contributed by atoms with E-state index in [1.54, 1.807) is 0 Å². The molecule has 0 saturated carbocycles. The molecule has 1 aliphatic carbocycles. The smallest absolute Gasteiger partial charge is 0.332 e. The predicted octanol–water partition coefficient (Wildman–Crippen LogP) is 0.376. The van der Waals surface area contributed by atoms with E-state index in [0.29, 0.717) is 12.5 Å². The Morgan fingerprint density at radius 1 is 1.53 bits per heavy atom. The van der Waals surface area contributed by atoms with Gasteiger partial charge in [-0.1, -0.05) is 12.2 Å². The molecule has 0 unspecified atom stereocenters. The van der Waals surface area contributed by atoms with Crippen molar-refractivity contribution >= 4 is 5.97 Å². The van der Waals surface area contributed by atoms with Crippen LogP contribution in [0.4, 0.5) is 0 Å². The molecular weight excluding hydrogens is 218 g/mol. The summed E-state index contributed by atoms with van der Waals surface area (Å²) in [6.45, 7) is 1.04. The van der Waals surface area contributed by atoms with E-state index in [2.05, 4.69) is 11.0 Å². The molecule has 17 heavy (non-hydrogen) atoms. The Morgan fingerprint density at radius 2 is 2.41 bits per heavy atom. The van der Waals surface area contributed by atoms with Crippen molar-refractivity contribution in [2.75, 3.05) is 6.54 Å². The SMILES string of the molecule is O=C1C=C2C=C[C@H]3C[C@@]2(O1)[C@H](O)[C@H]1CCCN13. The van der Waals surface area contributed by atoms with Gasteiger partial charge < -0.3 is 9.84 Å². The second-order valence-corrected chi connectivity index (χ2v) is 5.43. The molecule has 3 heterocycles. The van der Waals surface area contributed by atoms with Gasteiger partial charge in [-0.15, -0.1) is 0 Å². The lowest BCUT2D eigenvalue weighted by molar-refractivity contribution is -0.173. The van der Waals surface area contributed by atoms with Crippen LogP contribution >= 0.6 is 0 Å². The molecule has 0 aromatic rings. The maximum absolute atomic E-state index is 11.5. The van der Waals surface area contributed by atoms with Crippen molar-refractivity contribution in [1.29, 1.82) is 0 Å². The lowest BCUT2D eigenvalue weighted by atomic mass is 9.72. The Balaban J connectivity index is 1.84. The first-order chi connectivity index (χ1) is 8.21. The zero-order valence-electron chi connectivity index (χ0n) is 9.50. The van der Waals surface area contributed by atoms with Crippen molar-refractivity contribution in [3.63, 3.8) is 0 Å². The Morgan fingerprint density at radius 3 is 3.29 bits per heavy atom. The summed E-state index contributed by atoms with van der Waals surface area (Å²) in [5.41, 5.74) is 0.111. The minimum absolute atomic E-state index is 0.146. The van der Waals surface area contributed by atoms with Crippen molar-refractivity contribution in [3.8, 4) is 0 Å². The molecule has 4 nitrogen and oxygen atoms in total. The third-order valence-electron chi connectivity index (χ3n) is 4.67.